The monoisotopic (exact) mass is 185 g/mol. The van der Waals surface area contributed by atoms with Gasteiger partial charge in [-0.3, -0.25) is 5.01 Å². The molecule has 1 aliphatic rings. The van der Waals surface area contributed by atoms with Crippen LogP contribution in [0.1, 0.15) is 20.8 Å². The van der Waals surface area contributed by atoms with Gasteiger partial charge in [0.1, 0.15) is 0 Å². The third kappa shape index (κ3) is 2.86. The lowest BCUT2D eigenvalue weighted by Crippen LogP contribution is -2.46. The Morgan fingerprint density at radius 1 is 1.38 bits per heavy atom. The van der Waals surface area contributed by atoms with Gasteiger partial charge in [-0.1, -0.05) is 0 Å². The fourth-order valence-electron chi connectivity index (χ4n) is 0.941. The molecule has 2 N–H and O–H groups in total. The molecule has 5 nitrogen and oxygen atoms in total. The first-order valence-corrected chi connectivity index (χ1v) is 4.45. The van der Waals surface area contributed by atoms with E-state index in [0.29, 0.717) is 0 Å². The average molecular weight is 185 g/mol. The molecule has 0 radical (unpaired) electrons. The van der Waals surface area contributed by atoms with Crippen LogP contribution in [-0.2, 0) is 0 Å². The van der Waals surface area contributed by atoms with Gasteiger partial charge in [-0.25, -0.2) is 5.53 Å². The number of nitrogens with one attached hydrogen (secondary N) is 2. The fourth-order valence-corrected chi connectivity index (χ4v) is 0.941. The van der Waals surface area contributed by atoms with Crippen LogP contribution in [0.25, 0.3) is 0 Å². The van der Waals surface area contributed by atoms with Crippen molar-refractivity contribution in [3.8, 4) is 0 Å². The van der Waals surface area contributed by atoms with E-state index in [9.17, 15) is 0 Å². The minimum Gasteiger partial charge on any atom is -0.305 e. The first-order valence-electron chi connectivity index (χ1n) is 4.45. The minimum absolute atomic E-state index is 0.129. The van der Waals surface area contributed by atoms with Crippen LogP contribution >= 0.6 is 0 Å². The van der Waals surface area contributed by atoms with Crippen molar-refractivity contribution in [2.75, 3.05) is 20.6 Å². The molecule has 13 heavy (non-hydrogen) atoms. The van der Waals surface area contributed by atoms with E-state index >= 15 is 0 Å². The third-order valence-electron chi connectivity index (χ3n) is 1.92. The Morgan fingerprint density at radius 3 is 2.38 bits per heavy atom. The summed E-state index contributed by atoms with van der Waals surface area (Å²) < 4.78 is 0. The molecule has 0 atom stereocenters. The highest BCUT2D eigenvalue weighted by atomic mass is 15.9. The Kier molecular flexibility index (Phi) is 2.77. The summed E-state index contributed by atoms with van der Waals surface area (Å²) in [6.07, 6.45) is 0. The molecule has 0 bridgehead atoms. The Bertz CT molecular complexity index is 205. The number of amidine groups is 1. The minimum atomic E-state index is 0.129. The molecule has 0 unspecified atom stereocenters. The summed E-state index contributed by atoms with van der Waals surface area (Å²) in [5.74, 6) is 0.998. The summed E-state index contributed by atoms with van der Waals surface area (Å²) in [6, 6.07) is 0. The van der Waals surface area contributed by atoms with Gasteiger partial charge in [0.15, 0.2) is 5.84 Å². The quantitative estimate of drug-likeness (QED) is 0.635. The van der Waals surface area contributed by atoms with Crippen molar-refractivity contribution >= 4 is 5.84 Å². The lowest BCUT2D eigenvalue weighted by Gasteiger charge is -2.24. The van der Waals surface area contributed by atoms with Gasteiger partial charge in [0.2, 0.25) is 0 Å². The van der Waals surface area contributed by atoms with Crippen LogP contribution in [-0.4, -0.2) is 42.1 Å². The van der Waals surface area contributed by atoms with E-state index in [2.05, 4.69) is 36.7 Å². The van der Waals surface area contributed by atoms with E-state index < -0.39 is 0 Å². The number of likely N-dealkylation sites (N-methyl/N-ethyl adjacent to an activating group) is 1. The van der Waals surface area contributed by atoms with Crippen molar-refractivity contribution in [1.29, 1.82) is 0 Å². The zero-order valence-electron chi connectivity index (χ0n) is 9.05. The van der Waals surface area contributed by atoms with Crippen molar-refractivity contribution in [2.45, 2.75) is 26.3 Å². The summed E-state index contributed by atoms with van der Waals surface area (Å²) in [5.41, 5.74) is 2.99. The highest BCUT2D eigenvalue weighted by Gasteiger charge is 2.19. The Hall–Kier alpha value is -0.810. The topological polar surface area (TPSA) is 42.9 Å². The molecular formula is C8H19N5. The van der Waals surface area contributed by atoms with Gasteiger partial charge in [-0.15, -0.1) is 10.2 Å². The summed E-state index contributed by atoms with van der Waals surface area (Å²) in [6.45, 7) is 7.19. The fraction of sp³-hybridized carbons (Fsp3) is 0.875. The van der Waals surface area contributed by atoms with Crippen LogP contribution in [0.3, 0.4) is 0 Å². The number of hydrazone groups is 1. The van der Waals surface area contributed by atoms with E-state index in [0.717, 1.165) is 12.4 Å². The molecule has 1 rings (SSSR count). The maximum atomic E-state index is 4.16. The molecule has 0 aromatic heterocycles. The number of nitrogens with zero attached hydrogens (tertiary/aromatic N) is 3. The number of hydrogen-bond acceptors (Lipinski definition) is 5. The molecule has 0 saturated carbocycles. The molecule has 76 valence electrons. The summed E-state index contributed by atoms with van der Waals surface area (Å²) in [4.78, 5) is 0. The Balaban J connectivity index is 2.39. The molecule has 0 spiro atoms. The maximum absolute atomic E-state index is 4.16. The van der Waals surface area contributed by atoms with Crippen molar-refractivity contribution in [3.05, 3.63) is 0 Å². The highest BCUT2D eigenvalue weighted by molar-refractivity contribution is 5.84. The van der Waals surface area contributed by atoms with Crippen LogP contribution in [0.15, 0.2) is 5.10 Å². The van der Waals surface area contributed by atoms with Gasteiger partial charge >= 0.3 is 0 Å². The second-order valence-corrected chi connectivity index (χ2v) is 4.28. The first kappa shape index (κ1) is 10.3. The van der Waals surface area contributed by atoms with Gasteiger partial charge in [-0.2, -0.15) is 0 Å². The van der Waals surface area contributed by atoms with E-state index in [1.165, 1.54) is 0 Å². The normalized spacial score (nSPS) is 18.8. The van der Waals surface area contributed by atoms with E-state index in [-0.39, 0.29) is 5.54 Å². The van der Waals surface area contributed by atoms with Gasteiger partial charge < -0.3 is 5.32 Å². The first-order chi connectivity index (χ1) is 5.90. The molecule has 0 fully saturated rings. The zero-order chi connectivity index (χ0) is 10.1. The van der Waals surface area contributed by atoms with Gasteiger partial charge in [-0.05, 0) is 20.8 Å². The molecule has 0 aliphatic carbocycles. The molecule has 0 aromatic carbocycles. The van der Waals surface area contributed by atoms with Crippen LogP contribution in [0.2, 0.25) is 0 Å². The zero-order valence-corrected chi connectivity index (χ0v) is 9.05. The Morgan fingerprint density at radius 2 is 2.00 bits per heavy atom. The second kappa shape index (κ2) is 3.51. The number of hydrogen-bond donors (Lipinski definition) is 2. The summed E-state index contributed by atoms with van der Waals surface area (Å²) in [7, 11) is 3.90. The van der Waals surface area contributed by atoms with E-state index in [1.54, 1.807) is 0 Å². The van der Waals surface area contributed by atoms with Crippen LogP contribution < -0.4 is 10.9 Å². The molecule has 1 heterocycles. The SMILES string of the molecule is CN1NN=C(CNC(C)(C)C)N1C. The van der Waals surface area contributed by atoms with Crippen LogP contribution in [0.4, 0.5) is 0 Å². The standard InChI is InChI=1S/C8H19N5/c1-8(2,3)9-6-7-10-11-13(5)12(7)4/h9,11H,6H2,1-5H3. The second-order valence-electron chi connectivity index (χ2n) is 4.28. The van der Waals surface area contributed by atoms with Crippen molar-refractivity contribution in [1.82, 2.24) is 21.0 Å². The maximum Gasteiger partial charge on any atom is 0.155 e. The lowest BCUT2D eigenvalue weighted by molar-refractivity contribution is 0.0712. The molecule has 1 aliphatic heterocycles. The lowest BCUT2D eigenvalue weighted by atomic mass is 10.1. The predicted molar refractivity (Wildman–Crippen MR) is 53.9 cm³/mol. The smallest absolute Gasteiger partial charge is 0.155 e. The average Bonchev–Trinajstić information content (AvgIpc) is 2.29. The van der Waals surface area contributed by atoms with Crippen molar-refractivity contribution < 1.29 is 0 Å². The molecule has 0 amide bonds. The van der Waals surface area contributed by atoms with Gasteiger partial charge in [0.25, 0.3) is 0 Å². The third-order valence-corrected chi connectivity index (χ3v) is 1.92. The molecular weight excluding hydrogens is 166 g/mol. The molecule has 0 aromatic rings. The van der Waals surface area contributed by atoms with Crippen LogP contribution in [0, 0.1) is 0 Å². The van der Waals surface area contributed by atoms with E-state index in [4.69, 9.17) is 0 Å². The Labute approximate surface area is 79.7 Å². The summed E-state index contributed by atoms with van der Waals surface area (Å²) in [5, 5.41) is 11.3. The van der Waals surface area contributed by atoms with Crippen LogP contribution in [0.5, 0.6) is 0 Å². The summed E-state index contributed by atoms with van der Waals surface area (Å²) >= 11 is 0. The molecule has 5 heteroatoms. The molecule has 0 saturated heterocycles. The number of hydrazine groups is 2. The van der Waals surface area contributed by atoms with E-state index in [1.807, 2.05) is 24.2 Å². The van der Waals surface area contributed by atoms with Gasteiger partial charge in [0.05, 0.1) is 6.54 Å². The largest absolute Gasteiger partial charge is 0.305 e. The van der Waals surface area contributed by atoms with Crippen molar-refractivity contribution in [3.63, 3.8) is 0 Å². The van der Waals surface area contributed by atoms with Gasteiger partial charge in [0, 0.05) is 19.6 Å². The van der Waals surface area contributed by atoms with Crippen molar-refractivity contribution in [2.24, 2.45) is 5.10 Å². The highest BCUT2D eigenvalue weighted by Crippen LogP contribution is 2.01. The predicted octanol–water partition coefficient (Wildman–Crippen LogP) is -0.0152. The number of rotatable bonds is 2.